The second kappa shape index (κ2) is 5.04. The zero-order valence-corrected chi connectivity index (χ0v) is 10.6. The topological polar surface area (TPSA) is 64.7 Å². The van der Waals surface area contributed by atoms with Crippen molar-refractivity contribution >= 4 is 17.4 Å². The Morgan fingerprint density at radius 2 is 2.00 bits per heavy atom. The standard InChI is InChI=1S/C11H9F3N4S/c1-6-2-3-16-10(18-6)19-8-4-9(11(12,13)14)17-5-7(8)15/h2-5H,15H2,1H3. The molecule has 0 spiro atoms. The van der Waals surface area contributed by atoms with Crippen molar-refractivity contribution in [2.75, 3.05) is 5.73 Å². The number of hydrogen-bond acceptors (Lipinski definition) is 5. The normalized spacial score (nSPS) is 11.6. The predicted octanol–water partition coefficient (Wildman–Crippen LogP) is 2.93. The van der Waals surface area contributed by atoms with Crippen LogP contribution in [-0.4, -0.2) is 15.0 Å². The van der Waals surface area contributed by atoms with E-state index in [9.17, 15) is 13.2 Å². The highest BCUT2D eigenvalue weighted by atomic mass is 32.2. The van der Waals surface area contributed by atoms with Gasteiger partial charge in [-0.2, -0.15) is 13.2 Å². The summed E-state index contributed by atoms with van der Waals surface area (Å²) in [4.78, 5) is 11.6. The minimum atomic E-state index is -4.50. The van der Waals surface area contributed by atoms with Gasteiger partial charge in [0.1, 0.15) is 5.69 Å². The van der Waals surface area contributed by atoms with Crippen LogP contribution in [0.4, 0.5) is 18.9 Å². The highest BCUT2D eigenvalue weighted by Gasteiger charge is 2.33. The molecule has 0 bridgehead atoms. The molecule has 4 nitrogen and oxygen atoms in total. The van der Waals surface area contributed by atoms with Crippen molar-refractivity contribution in [2.45, 2.75) is 23.2 Å². The van der Waals surface area contributed by atoms with Crippen molar-refractivity contribution in [3.05, 3.63) is 35.9 Å². The van der Waals surface area contributed by atoms with Gasteiger partial charge >= 0.3 is 6.18 Å². The molecule has 100 valence electrons. The number of nitrogens with two attached hydrogens (primary N) is 1. The number of rotatable bonds is 2. The summed E-state index contributed by atoms with van der Waals surface area (Å²) in [6, 6.07) is 2.59. The van der Waals surface area contributed by atoms with Crippen molar-refractivity contribution < 1.29 is 13.2 Å². The zero-order chi connectivity index (χ0) is 14.0. The minimum absolute atomic E-state index is 0.156. The van der Waals surface area contributed by atoms with Crippen LogP contribution in [0.1, 0.15) is 11.4 Å². The highest BCUT2D eigenvalue weighted by molar-refractivity contribution is 7.99. The van der Waals surface area contributed by atoms with Crippen molar-refractivity contribution in [1.29, 1.82) is 0 Å². The van der Waals surface area contributed by atoms with Gasteiger partial charge < -0.3 is 5.73 Å². The largest absolute Gasteiger partial charge is 0.433 e. The second-order valence-corrected chi connectivity index (χ2v) is 4.70. The number of halogens is 3. The van der Waals surface area contributed by atoms with Crippen LogP contribution in [0.25, 0.3) is 0 Å². The first-order valence-corrected chi connectivity index (χ1v) is 5.98. The van der Waals surface area contributed by atoms with E-state index in [4.69, 9.17) is 5.73 Å². The van der Waals surface area contributed by atoms with E-state index in [1.165, 1.54) is 6.20 Å². The van der Waals surface area contributed by atoms with Crippen LogP contribution in [0.3, 0.4) is 0 Å². The lowest BCUT2D eigenvalue weighted by molar-refractivity contribution is -0.141. The Kier molecular flexibility index (Phi) is 3.61. The van der Waals surface area contributed by atoms with Gasteiger partial charge in [-0.25, -0.2) is 15.0 Å². The van der Waals surface area contributed by atoms with E-state index in [0.29, 0.717) is 5.16 Å². The molecular weight excluding hydrogens is 277 g/mol. The fraction of sp³-hybridized carbons (Fsp3) is 0.182. The number of aromatic nitrogens is 3. The van der Waals surface area contributed by atoms with Crippen LogP contribution in [0.15, 0.2) is 34.6 Å². The Bertz CT molecular complexity index is 601. The van der Waals surface area contributed by atoms with E-state index in [1.807, 2.05) is 0 Å². The summed E-state index contributed by atoms with van der Waals surface area (Å²) in [6.45, 7) is 1.77. The molecule has 2 rings (SSSR count). The number of anilines is 1. The molecule has 0 aliphatic carbocycles. The van der Waals surface area contributed by atoms with Crippen LogP contribution in [-0.2, 0) is 6.18 Å². The summed E-state index contributed by atoms with van der Waals surface area (Å²) in [5.41, 5.74) is 5.50. The van der Waals surface area contributed by atoms with E-state index in [-0.39, 0.29) is 10.6 Å². The third-order valence-electron chi connectivity index (χ3n) is 2.16. The molecule has 0 aliphatic rings. The number of alkyl halides is 3. The molecule has 2 aromatic rings. The molecule has 0 saturated carbocycles. The minimum Gasteiger partial charge on any atom is -0.397 e. The average Bonchev–Trinajstić information content (AvgIpc) is 2.30. The molecule has 0 fully saturated rings. The summed E-state index contributed by atoms with van der Waals surface area (Å²) >= 11 is 0.971. The van der Waals surface area contributed by atoms with Crippen molar-refractivity contribution in [3.63, 3.8) is 0 Å². The lowest BCUT2D eigenvalue weighted by Gasteiger charge is -2.09. The molecule has 0 atom stereocenters. The number of pyridine rings is 1. The Morgan fingerprint density at radius 3 is 2.63 bits per heavy atom. The molecule has 19 heavy (non-hydrogen) atoms. The number of nitrogen functional groups attached to an aromatic ring is 1. The number of aryl methyl sites for hydroxylation is 1. The molecule has 8 heteroatoms. The van der Waals surface area contributed by atoms with Gasteiger partial charge in [0.25, 0.3) is 0 Å². The van der Waals surface area contributed by atoms with Gasteiger partial charge in [-0.15, -0.1) is 0 Å². The van der Waals surface area contributed by atoms with E-state index >= 15 is 0 Å². The van der Waals surface area contributed by atoms with Crippen LogP contribution < -0.4 is 5.73 Å². The quantitative estimate of drug-likeness (QED) is 0.860. The maximum atomic E-state index is 12.6. The molecule has 0 amide bonds. The fourth-order valence-corrected chi connectivity index (χ4v) is 2.11. The lowest BCUT2D eigenvalue weighted by Crippen LogP contribution is -2.08. The first-order valence-electron chi connectivity index (χ1n) is 5.16. The van der Waals surface area contributed by atoms with Gasteiger partial charge in [0.2, 0.25) is 0 Å². The van der Waals surface area contributed by atoms with Crippen LogP contribution in [0, 0.1) is 6.92 Å². The molecule has 2 N–H and O–H groups in total. The molecule has 0 aliphatic heterocycles. The predicted molar refractivity (Wildman–Crippen MR) is 64.5 cm³/mol. The molecular formula is C11H9F3N4S. The summed E-state index contributed by atoms with van der Waals surface area (Å²) in [5.74, 6) is 0. The zero-order valence-electron chi connectivity index (χ0n) is 9.77. The van der Waals surface area contributed by atoms with E-state index < -0.39 is 11.9 Å². The molecule has 2 aromatic heterocycles. The van der Waals surface area contributed by atoms with Gasteiger partial charge in [-0.05, 0) is 30.8 Å². The second-order valence-electron chi connectivity index (χ2n) is 3.69. The summed E-state index contributed by atoms with van der Waals surface area (Å²) < 4.78 is 37.7. The van der Waals surface area contributed by atoms with Gasteiger partial charge in [0.15, 0.2) is 5.16 Å². The van der Waals surface area contributed by atoms with Gasteiger partial charge in [-0.3, -0.25) is 0 Å². The first kappa shape index (κ1) is 13.6. The highest BCUT2D eigenvalue weighted by Crippen LogP contribution is 2.34. The molecule has 0 aromatic carbocycles. The summed E-state index contributed by atoms with van der Waals surface area (Å²) in [7, 11) is 0. The van der Waals surface area contributed by atoms with Crippen molar-refractivity contribution in [3.8, 4) is 0 Å². The fourth-order valence-electron chi connectivity index (χ4n) is 1.26. The SMILES string of the molecule is Cc1ccnc(Sc2cc(C(F)(F)F)ncc2N)n1. The summed E-state index contributed by atoms with van der Waals surface area (Å²) in [5, 5.41) is 0.339. The summed E-state index contributed by atoms with van der Waals surface area (Å²) in [6.07, 6.45) is -1.98. The average molecular weight is 286 g/mol. The molecule has 0 radical (unpaired) electrons. The van der Waals surface area contributed by atoms with Gasteiger partial charge in [-0.1, -0.05) is 0 Å². The van der Waals surface area contributed by atoms with E-state index in [0.717, 1.165) is 29.7 Å². The monoisotopic (exact) mass is 286 g/mol. The Balaban J connectivity index is 2.34. The Labute approximate surface area is 111 Å². The third kappa shape index (κ3) is 3.34. The van der Waals surface area contributed by atoms with Crippen LogP contribution in [0.2, 0.25) is 0 Å². The Morgan fingerprint density at radius 1 is 1.26 bits per heavy atom. The smallest absolute Gasteiger partial charge is 0.397 e. The van der Waals surface area contributed by atoms with E-state index in [1.54, 1.807) is 13.0 Å². The van der Waals surface area contributed by atoms with Gasteiger partial charge in [0, 0.05) is 16.8 Å². The lowest BCUT2D eigenvalue weighted by atomic mass is 10.3. The van der Waals surface area contributed by atoms with Crippen molar-refractivity contribution in [1.82, 2.24) is 15.0 Å². The first-order chi connectivity index (χ1) is 8.86. The molecule has 2 heterocycles. The number of nitrogens with zero attached hydrogens (tertiary/aromatic N) is 3. The molecule has 0 saturated heterocycles. The molecule has 0 unspecified atom stereocenters. The van der Waals surface area contributed by atoms with Gasteiger partial charge in [0.05, 0.1) is 11.9 Å². The maximum absolute atomic E-state index is 12.6. The van der Waals surface area contributed by atoms with Crippen molar-refractivity contribution in [2.24, 2.45) is 0 Å². The Hall–Kier alpha value is -1.83. The maximum Gasteiger partial charge on any atom is 0.433 e. The van der Waals surface area contributed by atoms with Crippen LogP contribution in [0.5, 0.6) is 0 Å². The third-order valence-corrected chi connectivity index (χ3v) is 3.11. The van der Waals surface area contributed by atoms with E-state index in [2.05, 4.69) is 15.0 Å². The van der Waals surface area contributed by atoms with Crippen LogP contribution >= 0.6 is 11.8 Å². The number of hydrogen-bond donors (Lipinski definition) is 1.